The van der Waals surface area contributed by atoms with E-state index < -0.39 is 0 Å². The van der Waals surface area contributed by atoms with Gasteiger partial charge in [-0.15, -0.1) is 11.3 Å². The third-order valence-corrected chi connectivity index (χ3v) is 5.03. The lowest BCUT2D eigenvalue weighted by Crippen LogP contribution is -2.18. The fraction of sp³-hybridized carbons (Fsp3) is 0.714. The summed E-state index contributed by atoms with van der Waals surface area (Å²) in [6, 6.07) is 0.493. The predicted molar refractivity (Wildman–Crippen MR) is 75.6 cm³/mol. The summed E-state index contributed by atoms with van der Waals surface area (Å²) in [7, 11) is 0. The van der Waals surface area contributed by atoms with Gasteiger partial charge in [0.2, 0.25) is 0 Å². The molecule has 0 aromatic carbocycles. The number of carbonyl (C=O) groups excluding carboxylic acids is 1. The lowest BCUT2D eigenvalue weighted by molar-refractivity contribution is -0.145. The van der Waals surface area contributed by atoms with Crippen LogP contribution in [0.1, 0.15) is 49.6 Å². The Balaban J connectivity index is 1.70. The summed E-state index contributed by atoms with van der Waals surface area (Å²) in [5, 5.41) is 4.45. The van der Waals surface area contributed by atoms with E-state index in [1.165, 1.54) is 17.7 Å². The second kappa shape index (κ2) is 5.12. The molecule has 4 nitrogen and oxygen atoms in total. The maximum absolute atomic E-state index is 11.9. The SMILES string of the molecule is CCOC(=O)C1CCc2sc(NC(C)C3CC3)nc21. The van der Waals surface area contributed by atoms with E-state index in [9.17, 15) is 4.79 Å². The summed E-state index contributed by atoms with van der Waals surface area (Å²) >= 11 is 1.70. The predicted octanol–water partition coefficient (Wildman–Crippen LogP) is 2.95. The summed E-state index contributed by atoms with van der Waals surface area (Å²) in [5.74, 6) is 0.547. The number of hydrogen-bond acceptors (Lipinski definition) is 5. The average Bonchev–Trinajstić information content (AvgIpc) is 3.04. The normalized spacial score (nSPS) is 22.9. The molecule has 0 bridgehead atoms. The highest BCUT2D eigenvalue weighted by atomic mass is 32.1. The number of thiazole rings is 1. The van der Waals surface area contributed by atoms with E-state index >= 15 is 0 Å². The Labute approximate surface area is 117 Å². The number of anilines is 1. The lowest BCUT2D eigenvalue weighted by atomic mass is 10.1. The molecule has 104 valence electrons. The fourth-order valence-corrected chi connectivity index (χ4v) is 3.80. The van der Waals surface area contributed by atoms with Crippen molar-refractivity contribution in [2.75, 3.05) is 11.9 Å². The molecule has 1 aromatic heterocycles. The number of hydrogen-bond donors (Lipinski definition) is 1. The van der Waals surface area contributed by atoms with Crippen LogP contribution in [0.3, 0.4) is 0 Å². The molecule has 1 saturated carbocycles. The second-order valence-corrected chi connectivity index (χ2v) is 6.52. The van der Waals surface area contributed by atoms with Gasteiger partial charge in [-0.25, -0.2) is 4.98 Å². The number of aryl methyl sites for hydroxylation is 1. The first-order valence-corrected chi connectivity index (χ1v) is 7.93. The van der Waals surface area contributed by atoms with E-state index in [1.807, 2.05) is 6.92 Å². The molecule has 1 fully saturated rings. The molecule has 2 aliphatic rings. The number of carbonyl (C=O) groups is 1. The van der Waals surface area contributed by atoms with Gasteiger partial charge in [0.15, 0.2) is 5.13 Å². The Morgan fingerprint density at radius 1 is 1.53 bits per heavy atom. The molecular weight excluding hydrogens is 260 g/mol. The van der Waals surface area contributed by atoms with Gasteiger partial charge in [-0.05, 0) is 45.4 Å². The van der Waals surface area contributed by atoms with Crippen LogP contribution in [0.15, 0.2) is 0 Å². The van der Waals surface area contributed by atoms with E-state index in [0.29, 0.717) is 12.6 Å². The van der Waals surface area contributed by atoms with Crippen LogP contribution in [-0.4, -0.2) is 23.6 Å². The van der Waals surface area contributed by atoms with Crippen LogP contribution in [0.4, 0.5) is 5.13 Å². The summed E-state index contributed by atoms with van der Waals surface area (Å²) in [4.78, 5) is 17.8. The highest BCUT2D eigenvalue weighted by molar-refractivity contribution is 7.15. The molecule has 1 aromatic rings. The van der Waals surface area contributed by atoms with Crippen molar-refractivity contribution >= 4 is 22.4 Å². The minimum Gasteiger partial charge on any atom is -0.465 e. The Bertz CT molecular complexity index is 482. The number of nitrogens with zero attached hydrogens (tertiary/aromatic N) is 1. The first-order valence-electron chi connectivity index (χ1n) is 7.11. The van der Waals surface area contributed by atoms with E-state index in [-0.39, 0.29) is 11.9 Å². The largest absolute Gasteiger partial charge is 0.465 e. The van der Waals surface area contributed by atoms with Gasteiger partial charge in [0.05, 0.1) is 12.3 Å². The molecule has 0 aliphatic heterocycles. The first-order chi connectivity index (χ1) is 9.19. The van der Waals surface area contributed by atoms with Crippen molar-refractivity contribution in [3.05, 3.63) is 10.6 Å². The monoisotopic (exact) mass is 280 g/mol. The standard InChI is InChI=1S/C14H20N2O2S/c1-3-18-13(17)10-6-7-11-12(10)16-14(19-11)15-8(2)9-4-5-9/h8-10H,3-7H2,1-2H3,(H,15,16). The van der Waals surface area contributed by atoms with Crippen LogP contribution in [-0.2, 0) is 16.0 Å². The fourth-order valence-electron chi connectivity index (χ4n) is 2.67. The van der Waals surface area contributed by atoms with Gasteiger partial charge in [0.25, 0.3) is 0 Å². The van der Waals surface area contributed by atoms with Crippen LogP contribution < -0.4 is 5.32 Å². The zero-order valence-corrected chi connectivity index (χ0v) is 12.3. The molecule has 0 radical (unpaired) electrons. The van der Waals surface area contributed by atoms with Crippen LogP contribution in [0.25, 0.3) is 0 Å². The Morgan fingerprint density at radius 2 is 2.32 bits per heavy atom. The molecule has 0 spiro atoms. The van der Waals surface area contributed by atoms with Crippen molar-refractivity contribution in [1.29, 1.82) is 0 Å². The molecule has 3 rings (SSSR count). The van der Waals surface area contributed by atoms with E-state index in [1.54, 1.807) is 11.3 Å². The zero-order chi connectivity index (χ0) is 13.4. The molecular formula is C14H20N2O2S. The smallest absolute Gasteiger partial charge is 0.315 e. The molecule has 0 amide bonds. The van der Waals surface area contributed by atoms with Crippen molar-refractivity contribution in [3.63, 3.8) is 0 Å². The van der Waals surface area contributed by atoms with Gasteiger partial charge < -0.3 is 10.1 Å². The third-order valence-electron chi connectivity index (χ3n) is 3.97. The quantitative estimate of drug-likeness (QED) is 0.843. The van der Waals surface area contributed by atoms with Gasteiger partial charge in [-0.2, -0.15) is 0 Å². The molecule has 2 atom stereocenters. The highest BCUT2D eigenvalue weighted by Crippen LogP contribution is 2.40. The summed E-state index contributed by atoms with van der Waals surface area (Å²) in [6.07, 6.45) is 4.46. The Kier molecular flexibility index (Phi) is 3.48. The van der Waals surface area contributed by atoms with Gasteiger partial charge in [0, 0.05) is 10.9 Å². The van der Waals surface area contributed by atoms with E-state index in [0.717, 1.165) is 29.6 Å². The number of esters is 1. The van der Waals surface area contributed by atoms with Crippen molar-refractivity contribution < 1.29 is 9.53 Å². The van der Waals surface area contributed by atoms with E-state index in [4.69, 9.17) is 4.74 Å². The Morgan fingerprint density at radius 3 is 3.00 bits per heavy atom. The van der Waals surface area contributed by atoms with Crippen molar-refractivity contribution in [2.24, 2.45) is 5.92 Å². The molecule has 1 N–H and O–H groups in total. The van der Waals surface area contributed by atoms with Crippen molar-refractivity contribution in [3.8, 4) is 0 Å². The van der Waals surface area contributed by atoms with Gasteiger partial charge in [-0.3, -0.25) is 4.79 Å². The number of rotatable bonds is 5. The third kappa shape index (κ3) is 2.61. The zero-order valence-electron chi connectivity index (χ0n) is 11.4. The number of aromatic nitrogens is 1. The first kappa shape index (κ1) is 12.9. The van der Waals surface area contributed by atoms with Crippen LogP contribution in [0.5, 0.6) is 0 Å². The molecule has 19 heavy (non-hydrogen) atoms. The van der Waals surface area contributed by atoms with Gasteiger partial charge >= 0.3 is 5.97 Å². The molecule has 5 heteroatoms. The molecule has 1 heterocycles. The summed E-state index contributed by atoms with van der Waals surface area (Å²) < 4.78 is 5.13. The highest BCUT2D eigenvalue weighted by Gasteiger charge is 2.34. The molecule has 2 aliphatic carbocycles. The molecule has 0 saturated heterocycles. The molecule has 2 unspecified atom stereocenters. The van der Waals surface area contributed by atoms with Crippen LogP contribution in [0.2, 0.25) is 0 Å². The second-order valence-electron chi connectivity index (χ2n) is 5.44. The van der Waals surface area contributed by atoms with Crippen LogP contribution >= 0.6 is 11.3 Å². The Hall–Kier alpha value is -1.10. The van der Waals surface area contributed by atoms with Crippen molar-refractivity contribution in [1.82, 2.24) is 4.98 Å². The van der Waals surface area contributed by atoms with Crippen molar-refractivity contribution in [2.45, 2.75) is 51.5 Å². The summed E-state index contributed by atoms with van der Waals surface area (Å²) in [5.41, 5.74) is 0.953. The minimum atomic E-state index is -0.141. The maximum Gasteiger partial charge on any atom is 0.315 e. The van der Waals surface area contributed by atoms with Gasteiger partial charge in [-0.1, -0.05) is 0 Å². The van der Waals surface area contributed by atoms with E-state index in [2.05, 4.69) is 17.2 Å². The minimum absolute atomic E-state index is 0.117. The lowest BCUT2D eigenvalue weighted by Gasteiger charge is -2.11. The number of fused-ring (bicyclic) bond motifs is 1. The van der Waals surface area contributed by atoms with Gasteiger partial charge in [0.1, 0.15) is 5.92 Å². The maximum atomic E-state index is 11.9. The topological polar surface area (TPSA) is 51.2 Å². The van der Waals surface area contributed by atoms with Crippen LogP contribution in [0, 0.1) is 5.92 Å². The summed E-state index contributed by atoms with van der Waals surface area (Å²) in [6.45, 7) is 4.50. The average molecular weight is 280 g/mol. The number of nitrogens with one attached hydrogen (secondary N) is 1. The number of ether oxygens (including phenoxy) is 1.